The van der Waals surface area contributed by atoms with E-state index in [4.69, 9.17) is 9.47 Å². The molecule has 216 valence electrons. The maximum atomic E-state index is 10.2. The number of rotatable bonds is 10. The molecule has 0 aliphatic carbocycles. The van der Waals surface area contributed by atoms with Gasteiger partial charge >= 0.3 is 0 Å². The van der Waals surface area contributed by atoms with Crippen molar-refractivity contribution in [1.82, 2.24) is 9.80 Å². The van der Waals surface area contributed by atoms with Crippen molar-refractivity contribution < 1.29 is 14.6 Å². The maximum absolute atomic E-state index is 10.2. The number of fused-ring (bicyclic) bond motifs is 1. The lowest BCUT2D eigenvalue weighted by Crippen LogP contribution is -2.40. The minimum atomic E-state index is 0.305. The minimum absolute atomic E-state index is 0.305. The van der Waals surface area contributed by atoms with E-state index in [1.807, 2.05) is 6.07 Å². The first-order chi connectivity index (χ1) is 20.1. The number of likely N-dealkylation sites (tertiary alicyclic amines) is 2. The number of piperidine rings is 2. The predicted octanol–water partition coefficient (Wildman–Crippen LogP) is 7.59. The Morgan fingerprint density at radius 3 is 2.34 bits per heavy atom. The Morgan fingerprint density at radius 2 is 1.56 bits per heavy atom. The van der Waals surface area contributed by atoms with Crippen molar-refractivity contribution >= 4 is 21.4 Å². The normalized spacial score (nSPS) is 18.5. The first kappa shape index (κ1) is 28.1. The summed E-state index contributed by atoms with van der Waals surface area (Å²) in [7, 11) is 2.20. The van der Waals surface area contributed by atoms with Gasteiger partial charge in [-0.1, -0.05) is 25.0 Å². The van der Waals surface area contributed by atoms with Gasteiger partial charge < -0.3 is 19.5 Å². The topological polar surface area (TPSA) is 45.2 Å². The lowest BCUT2D eigenvalue weighted by Gasteiger charge is -2.32. The molecular weight excluding hydrogens is 528 g/mol. The van der Waals surface area contributed by atoms with Gasteiger partial charge in [0.15, 0.2) is 0 Å². The third-order valence-corrected chi connectivity index (χ3v) is 9.93. The van der Waals surface area contributed by atoms with E-state index < -0.39 is 0 Å². The number of phenolic OH excluding ortho intramolecular Hbond substituents is 1. The molecule has 6 heteroatoms. The van der Waals surface area contributed by atoms with Crippen LogP contribution in [0.15, 0.2) is 66.7 Å². The average Bonchev–Trinajstić information content (AvgIpc) is 3.35. The summed E-state index contributed by atoms with van der Waals surface area (Å²) in [5, 5.41) is 11.4. The average molecular weight is 571 g/mol. The third kappa shape index (κ3) is 7.06. The van der Waals surface area contributed by atoms with E-state index in [0.717, 1.165) is 48.9 Å². The Balaban J connectivity index is 1.15. The molecule has 1 atom stereocenters. The fourth-order valence-corrected chi connectivity index (χ4v) is 7.44. The smallest absolute Gasteiger partial charge is 0.119 e. The van der Waals surface area contributed by atoms with Gasteiger partial charge in [0.1, 0.15) is 30.5 Å². The summed E-state index contributed by atoms with van der Waals surface area (Å²) >= 11 is 1.74. The zero-order valence-electron chi connectivity index (χ0n) is 24.2. The summed E-state index contributed by atoms with van der Waals surface area (Å²) in [6.07, 6.45) is 8.58. The summed E-state index contributed by atoms with van der Waals surface area (Å²) < 4.78 is 13.4. The van der Waals surface area contributed by atoms with E-state index >= 15 is 0 Å². The lowest BCUT2D eigenvalue weighted by molar-refractivity contribution is 0.125. The molecule has 3 aromatic carbocycles. The van der Waals surface area contributed by atoms with Gasteiger partial charge in [-0.3, -0.25) is 4.90 Å². The summed E-state index contributed by atoms with van der Waals surface area (Å²) in [5.41, 5.74) is 3.72. The molecule has 6 rings (SSSR count). The molecule has 41 heavy (non-hydrogen) atoms. The fraction of sp³-hybridized carbons (Fsp3) is 0.429. The molecule has 4 aromatic rings. The highest BCUT2D eigenvalue weighted by molar-refractivity contribution is 7.22. The molecular formula is C35H42N2O3S. The number of hydrogen-bond donors (Lipinski definition) is 1. The van der Waals surface area contributed by atoms with Crippen molar-refractivity contribution in [2.45, 2.75) is 51.0 Å². The molecule has 3 heterocycles. The molecule has 2 aliphatic rings. The Labute approximate surface area is 248 Å². The summed E-state index contributed by atoms with van der Waals surface area (Å²) in [5.74, 6) is 2.16. The van der Waals surface area contributed by atoms with Crippen molar-refractivity contribution in [3.05, 3.63) is 77.9 Å². The van der Waals surface area contributed by atoms with Crippen LogP contribution in [0.3, 0.4) is 0 Å². The van der Waals surface area contributed by atoms with Gasteiger partial charge in [0.05, 0.1) is 0 Å². The molecule has 0 spiro atoms. The van der Waals surface area contributed by atoms with E-state index in [-0.39, 0.29) is 0 Å². The molecule has 5 nitrogen and oxygen atoms in total. The van der Waals surface area contributed by atoms with Gasteiger partial charge in [0, 0.05) is 22.2 Å². The number of thiophene rings is 1. The van der Waals surface area contributed by atoms with Crippen LogP contribution >= 0.6 is 11.3 Å². The summed E-state index contributed by atoms with van der Waals surface area (Å²) in [6, 6.07) is 23.3. The Bertz CT molecular complexity index is 1410. The quantitative estimate of drug-likeness (QED) is 0.213. The van der Waals surface area contributed by atoms with Crippen molar-refractivity contribution in [2.75, 3.05) is 46.4 Å². The van der Waals surface area contributed by atoms with Crippen LogP contribution < -0.4 is 9.47 Å². The van der Waals surface area contributed by atoms with Gasteiger partial charge in [0.2, 0.25) is 0 Å². The zero-order chi connectivity index (χ0) is 28.0. The largest absolute Gasteiger partial charge is 0.508 e. The summed E-state index contributed by atoms with van der Waals surface area (Å²) in [6.45, 7) is 6.02. The molecule has 0 bridgehead atoms. The van der Waals surface area contributed by atoms with E-state index in [9.17, 15) is 5.11 Å². The molecule has 0 saturated carbocycles. The number of aromatic hydroxyl groups is 1. The second-order valence-corrected chi connectivity index (χ2v) is 12.7. The number of ether oxygens (including phenoxy) is 2. The molecule has 1 N–H and O–H groups in total. The highest BCUT2D eigenvalue weighted by Crippen LogP contribution is 2.41. The highest BCUT2D eigenvalue weighted by Gasteiger charge is 2.20. The van der Waals surface area contributed by atoms with Crippen LogP contribution in [-0.2, 0) is 6.42 Å². The lowest BCUT2D eigenvalue weighted by atomic mass is 9.99. The third-order valence-electron chi connectivity index (χ3n) is 8.69. The highest BCUT2D eigenvalue weighted by atomic mass is 32.1. The van der Waals surface area contributed by atoms with Crippen molar-refractivity contribution in [3.8, 4) is 27.7 Å². The van der Waals surface area contributed by atoms with Gasteiger partial charge in [-0.05, 0) is 135 Å². The van der Waals surface area contributed by atoms with Crippen LogP contribution in [0.5, 0.6) is 17.2 Å². The van der Waals surface area contributed by atoms with Crippen LogP contribution in [0, 0.1) is 0 Å². The van der Waals surface area contributed by atoms with Gasteiger partial charge in [-0.15, -0.1) is 11.3 Å². The van der Waals surface area contributed by atoms with Crippen LogP contribution in [0.1, 0.15) is 49.7 Å². The molecule has 1 unspecified atom stereocenters. The van der Waals surface area contributed by atoms with E-state index in [2.05, 4.69) is 71.4 Å². The Kier molecular flexibility index (Phi) is 9.10. The molecule has 0 amide bonds. The van der Waals surface area contributed by atoms with Crippen LogP contribution in [-0.4, -0.2) is 67.4 Å². The Morgan fingerprint density at radius 1 is 0.829 bits per heavy atom. The van der Waals surface area contributed by atoms with Crippen LogP contribution in [0.4, 0.5) is 0 Å². The fourth-order valence-electron chi connectivity index (χ4n) is 6.18. The standard InChI is InChI=1S/C35H42N2O3S/c1-36-18-6-3-7-28(36)25-40-31-13-8-26(9-14-31)23-33-32-17-12-29(38)24-34(32)41-35(33)27-10-15-30(16-11-27)39-22-21-37-19-4-2-5-20-37/h8-17,24,28,38H,2-7,18-23,25H2,1H3. The van der Waals surface area contributed by atoms with E-state index in [1.165, 1.54) is 78.6 Å². The zero-order valence-corrected chi connectivity index (χ0v) is 25.0. The van der Waals surface area contributed by atoms with Crippen molar-refractivity contribution in [3.63, 3.8) is 0 Å². The summed E-state index contributed by atoms with van der Waals surface area (Å²) in [4.78, 5) is 6.17. The number of benzene rings is 3. The van der Waals surface area contributed by atoms with Crippen LogP contribution in [0.2, 0.25) is 0 Å². The second kappa shape index (κ2) is 13.3. The minimum Gasteiger partial charge on any atom is -0.508 e. The van der Waals surface area contributed by atoms with Gasteiger partial charge in [-0.2, -0.15) is 0 Å². The van der Waals surface area contributed by atoms with E-state index in [1.54, 1.807) is 17.4 Å². The second-order valence-electron chi connectivity index (χ2n) is 11.6. The first-order valence-corrected chi connectivity index (χ1v) is 16.1. The first-order valence-electron chi connectivity index (χ1n) is 15.2. The molecule has 2 fully saturated rings. The number of hydrogen-bond acceptors (Lipinski definition) is 6. The molecule has 0 radical (unpaired) electrons. The molecule has 2 saturated heterocycles. The monoisotopic (exact) mass is 570 g/mol. The van der Waals surface area contributed by atoms with Gasteiger partial charge in [0.25, 0.3) is 0 Å². The number of phenols is 1. The van der Waals surface area contributed by atoms with Crippen molar-refractivity contribution in [2.24, 2.45) is 0 Å². The molecule has 1 aromatic heterocycles. The van der Waals surface area contributed by atoms with E-state index in [0.29, 0.717) is 11.8 Å². The van der Waals surface area contributed by atoms with Crippen molar-refractivity contribution in [1.29, 1.82) is 0 Å². The van der Waals surface area contributed by atoms with Crippen LogP contribution in [0.25, 0.3) is 20.5 Å². The molecule has 2 aliphatic heterocycles. The SMILES string of the molecule is CN1CCCCC1COc1ccc(Cc2c(-c3ccc(OCCN4CCCCC4)cc3)sc3cc(O)ccc23)cc1. The number of likely N-dealkylation sites (N-methyl/N-ethyl adjacent to an activating group) is 1. The van der Waals surface area contributed by atoms with Gasteiger partial charge in [-0.25, -0.2) is 0 Å². The Hall–Kier alpha value is -3.06. The number of nitrogens with zero attached hydrogens (tertiary/aromatic N) is 2. The maximum Gasteiger partial charge on any atom is 0.119 e. The predicted molar refractivity (Wildman–Crippen MR) is 170 cm³/mol.